The van der Waals surface area contributed by atoms with Gasteiger partial charge in [-0.25, -0.2) is 0 Å². The lowest BCUT2D eigenvalue weighted by Crippen LogP contribution is -2.38. The summed E-state index contributed by atoms with van der Waals surface area (Å²) in [5.74, 6) is 1.55. The number of rotatable bonds is 3. The average molecular weight is 251 g/mol. The first-order valence-corrected chi connectivity index (χ1v) is 6.24. The maximum absolute atomic E-state index is 10.3. The Labute approximate surface area is 108 Å². The number of hydrogen-bond acceptors (Lipinski definition) is 4. The van der Waals surface area contributed by atoms with E-state index < -0.39 is 6.10 Å². The summed E-state index contributed by atoms with van der Waals surface area (Å²) in [7, 11) is 3.28. The molecule has 0 radical (unpaired) electrons. The van der Waals surface area contributed by atoms with Crippen molar-refractivity contribution < 1.29 is 14.6 Å². The third-order valence-electron chi connectivity index (χ3n) is 3.55. The Morgan fingerprint density at radius 1 is 1.22 bits per heavy atom. The number of methoxy groups -OCH3 is 2. The van der Waals surface area contributed by atoms with E-state index in [-0.39, 0.29) is 0 Å². The van der Waals surface area contributed by atoms with Crippen LogP contribution in [0.25, 0.3) is 0 Å². The minimum atomic E-state index is -0.527. The van der Waals surface area contributed by atoms with Crippen LogP contribution in [0.4, 0.5) is 0 Å². The molecule has 0 fully saturated rings. The van der Waals surface area contributed by atoms with Gasteiger partial charge >= 0.3 is 0 Å². The van der Waals surface area contributed by atoms with Crippen molar-refractivity contribution in [2.45, 2.75) is 32.5 Å². The van der Waals surface area contributed by atoms with Gasteiger partial charge in [-0.05, 0) is 26.0 Å². The van der Waals surface area contributed by atoms with Gasteiger partial charge < -0.3 is 14.6 Å². The molecule has 4 nitrogen and oxygen atoms in total. The first kappa shape index (κ1) is 13.2. The first-order valence-electron chi connectivity index (χ1n) is 6.24. The number of nitrogens with zero attached hydrogens (tertiary/aromatic N) is 1. The van der Waals surface area contributed by atoms with Gasteiger partial charge in [0.15, 0.2) is 0 Å². The zero-order valence-corrected chi connectivity index (χ0v) is 11.4. The molecule has 0 amide bonds. The van der Waals surface area contributed by atoms with E-state index in [1.807, 2.05) is 12.1 Å². The lowest BCUT2D eigenvalue weighted by atomic mass is 9.94. The predicted octanol–water partition coefficient (Wildman–Crippen LogP) is 1.96. The first-order chi connectivity index (χ1) is 8.58. The summed E-state index contributed by atoms with van der Waals surface area (Å²) in [4.78, 5) is 2.23. The second kappa shape index (κ2) is 5.16. The summed E-state index contributed by atoms with van der Waals surface area (Å²) in [5, 5.41) is 10.3. The standard InChI is InChI=1S/C14H21NO3/c1-9(2)15-7-10-12(17-3)5-6-13(18-4)14(10)11(16)8-15/h5-6,9,11,16H,7-8H2,1-4H3. The minimum Gasteiger partial charge on any atom is -0.496 e. The number of aliphatic hydroxyl groups is 1. The van der Waals surface area contributed by atoms with E-state index >= 15 is 0 Å². The summed E-state index contributed by atoms with van der Waals surface area (Å²) in [6.07, 6.45) is -0.527. The van der Waals surface area contributed by atoms with Crippen molar-refractivity contribution in [3.05, 3.63) is 23.3 Å². The molecule has 1 atom stereocenters. The van der Waals surface area contributed by atoms with Gasteiger partial charge in [0.2, 0.25) is 0 Å². The number of aliphatic hydroxyl groups excluding tert-OH is 1. The average Bonchev–Trinajstić information content (AvgIpc) is 2.37. The van der Waals surface area contributed by atoms with E-state index in [1.165, 1.54) is 0 Å². The largest absolute Gasteiger partial charge is 0.496 e. The molecule has 1 N–H and O–H groups in total. The van der Waals surface area contributed by atoms with Crippen LogP contribution in [0.15, 0.2) is 12.1 Å². The molecule has 1 aliphatic heterocycles. The van der Waals surface area contributed by atoms with Crippen molar-refractivity contribution in [2.24, 2.45) is 0 Å². The van der Waals surface area contributed by atoms with Crippen LogP contribution >= 0.6 is 0 Å². The van der Waals surface area contributed by atoms with E-state index in [9.17, 15) is 5.11 Å². The normalized spacial score (nSPS) is 19.8. The second-order valence-corrected chi connectivity index (χ2v) is 4.90. The molecule has 100 valence electrons. The number of fused-ring (bicyclic) bond motifs is 1. The fourth-order valence-corrected chi connectivity index (χ4v) is 2.50. The molecule has 1 heterocycles. The molecular weight excluding hydrogens is 230 g/mol. The number of benzene rings is 1. The van der Waals surface area contributed by atoms with E-state index in [0.29, 0.717) is 12.6 Å². The van der Waals surface area contributed by atoms with Crippen molar-refractivity contribution in [3.8, 4) is 11.5 Å². The molecule has 0 saturated heterocycles. The van der Waals surface area contributed by atoms with Gasteiger partial charge in [0, 0.05) is 30.3 Å². The van der Waals surface area contributed by atoms with Crippen LogP contribution in [0.5, 0.6) is 11.5 Å². The van der Waals surface area contributed by atoms with Gasteiger partial charge in [0.25, 0.3) is 0 Å². The highest BCUT2D eigenvalue weighted by Gasteiger charge is 2.30. The summed E-state index contributed by atoms with van der Waals surface area (Å²) < 4.78 is 10.7. The molecule has 2 rings (SSSR count). The van der Waals surface area contributed by atoms with Crippen LogP contribution in [0.1, 0.15) is 31.1 Å². The van der Waals surface area contributed by atoms with Crippen molar-refractivity contribution in [1.29, 1.82) is 0 Å². The van der Waals surface area contributed by atoms with Gasteiger partial charge in [-0.15, -0.1) is 0 Å². The van der Waals surface area contributed by atoms with E-state index in [1.54, 1.807) is 14.2 Å². The highest BCUT2D eigenvalue weighted by Crippen LogP contribution is 2.39. The van der Waals surface area contributed by atoms with Gasteiger partial charge in [0.05, 0.1) is 20.3 Å². The highest BCUT2D eigenvalue weighted by molar-refractivity contribution is 5.51. The topological polar surface area (TPSA) is 41.9 Å². The molecule has 0 spiro atoms. The molecular formula is C14H21NO3. The van der Waals surface area contributed by atoms with Gasteiger partial charge in [-0.2, -0.15) is 0 Å². The fraction of sp³-hybridized carbons (Fsp3) is 0.571. The predicted molar refractivity (Wildman–Crippen MR) is 70.1 cm³/mol. The van der Waals surface area contributed by atoms with Gasteiger partial charge in [-0.3, -0.25) is 4.90 Å². The van der Waals surface area contributed by atoms with Crippen molar-refractivity contribution in [2.75, 3.05) is 20.8 Å². The zero-order valence-electron chi connectivity index (χ0n) is 11.4. The molecule has 0 bridgehead atoms. The lowest BCUT2D eigenvalue weighted by molar-refractivity contribution is 0.0709. The van der Waals surface area contributed by atoms with Crippen LogP contribution in [0.3, 0.4) is 0 Å². The third kappa shape index (κ3) is 2.18. The zero-order chi connectivity index (χ0) is 13.3. The van der Waals surface area contributed by atoms with Gasteiger partial charge in [0.1, 0.15) is 11.5 Å². The quantitative estimate of drug-likeness (QED) is 0.891. The Balaban J connectivity index is 2.49. The maximum atomic E-state index is 10.3. The second-order valence-electron chi connectivity index (χ2n) is 4.90. The SMILES string of the molecule is COc1ccc(OC)c2c1CN(C(C)C)CC2O. The molecule has 1 aromatic carbocycles. The molecule has 1 unspecified atom stereocenters. The Hall–Kier alpha value is -1.26. The Morgan fingerprint density at radius 3 is 2.39 bits per heavy atom. The number of hydrogen-bond donors (Lipinski definition) is 1. The van der Waals surface area contributed by atoms with Crippen molar-refractivity contribution in [1.82, 2.24) is 4.90 Å². The smallest absolute Gasteiger partial charge is 0.125 e. The molecule has 0 aromatic heterocycles. The molecule has 0 saturated carbocycles. The van der Waals surface area contributed by atoms with E-state index in [4.69, 9.17) is 9.47 Å². The Morgan fingerprint density at radius 2 is 1.83 bits per heavy atom. The van der Waals surface area contributed by atoms with E-state index in [2.05, 4.69) is 18.7 Å². The van der Waals surface area contributed by atoms with Crippen LogP contribution in [0, 0.1) is 0 Å². The van der Waals surface area contributed by atoms with E-state index in [0.717, 1.165) is 29.2 Å². The van der Waals surface area contributed by atoms with Gasteiger partial charge in [-0.1, -0.05) is 0 Å². The van der Waals surface area contributed by atoms with Crippen LogP contribution in [-0.4, -0.2) is 36.8 Å². The van der Waals surface area contributed by atoms with Crippen molar-refractivity contribution >= 4 is 0 Å². The summed E-state index contributed by atoms with van der Waals surface area (Å²) >= 11 is 0. The summed E-state index contributed by atoms with van der Waals surface area (Å²) in [6, 6.07) is 4.14. The van der Waals surface area contributed by atoms with Crippen molar-refractivity contribution in [3.63, 3.8) is 0 Å². The van der Waals surface area contributed by atoms with Crippen LogP contribution in [0.2, 0.25) is 0 Å². The lowest BCUT2D eigenvalue weighted by Gasteiger charge is -2.36. The summed E-state index contributed by atoms with van der Waals surface area (Å²) in [5.41, 5.74) is 1.90. The minimum absolute atomic E-state index is 0.392. The summed E-state index contributed by atoms with van der Waals surface area (Å²) in [6.45, 7) is 5.67. The Kier molecular flexibility index (Phi) is 3.78. The van der Waals surface area contributed by atoms with Crippen LogP contribution < -0.4 is 9.47 Å². The number of ether oxygens (including phenoxy) is 2. The maximum Gasteiger partial charge on any atom is 0.125 e. The molecule has 4 heteroatoms. The molecule has 18 heavy (non-hydrogen) atoms. The molecule has 1 aromatic rings. The highest BCUT2D eigenvalue weighted by atomic mass is 16.5. The Bertz CT molecular complexity index is 431. The monoisotopic (exact) mass is 251 g/mol. The van der Waals surface area contributed by atoms with Crippen LogP contribution in [-0.2, 0) is 6.54 Å². The number of β-amino-alcohol motifs (C(OH)–C–C–N with tert-alkyl or cyclic N) is 1. The fourth-order valence-electron chi connectivity index (χ4n) is 2.50. The molecule has 0 aliphatic carbocycles. The molecule has 1 aliphatic rings. The third-order valence-corrected chi connectivity index (χ3v) is 3.55.